The summed E-state index contributed by atoms with van der Waals surface area (Å²) in [5, 5.41) is 7.11. The Hall–Kier alpha value is -3.46. The van der Waals surface area contributed by atoms with Gasteiger partial charge in [-0.15, -0.1) is 0 Å². The third-order valence-electron chi connectivity index (χ3n) is 5.52. The van der Waals surface area contributed by atoms with Crippen LogP contribution in [0, 0.1) is 11.6 Å². The van der Waals surface area contributed by atoms with Crippen LogP contribution in [-0.4, -0.2) is 32.9 Å². The third-order valence-corrected chi connectivity index (χ3v) is 6.47. The lowest BCUT2D eigenvalue weighted by Gasteiger charge is -2.22. The van der Waals surface area contributed by atoms with Crippen LogP contribution in [0.4, 0.5) is 13.9 Å². The highest BCUT2D eigenvalue weighted by molar-refractivity contribution is 7.22. The molecule has 2 heterocycles. The number of amides is 1. The van der Waals surface area contributed by atoms with Gasteiger partial charge in [0, 0.05) is 30.0 Å². The van der Waals surface area contributed by atoms with Crippen LogP contribution < -0.4 is 10.6 Å². The normalized spacial score (nSPS) is 18.1. The molecule has 162 valence electrons. The summed E-state index contributed by atoms with van der Waals surface area (Å²) < 4.78 is 28.2. The highest BCUT2D eigenvalue weighted by atomic mass is 32.1. The van der Waals surface area contributed by atoms with Crippen molar-refractivity contribution in [3.05, 3.63) is 72.1 Å². The van der Waals surface area contributed by atoms with Gasteiger partial charge in [-0.25, -0.2) is 23.7 Å². The van der Waals surface area contributed by atoms with Gasteiger partial charge in [-0.2, -0.15) is 0 Å². The summed E-state index contributed by atoms with van der Waals surface area (Å²) in [6.45, 7) is 0. The fourth-order valence-electron chi connectivity index (χ4n) is 4.01. The Morgan fingerprint density at radius 1 is 1.00 bits per heavy atom. The van der Waals surface area contributed by atoms with E-state index in [4.69, 9.17) is 0 Å². The molecule has 2 aromatic carbocycles. The van der Waals surface area contributed by atoms with E-state index in [9.17, 15) is 13.6 Å². The molecule has 1 amide bonds. The number of carbonyl (C=O) groups excluding carboxylic acids is 1. The van der Waals surface area contributed by atoms with Crippen LogP contribution in [0.15, 0.2) is 54.9 Å². The zero-order valence-corrected chi connectivity index (χ0v) is 17.7. The van der Waals surface area contributed by atoms with Crippen LogP contribution >= 0.6 is 11.3 Å². The third kappa shape index (κ3) is 4.16. The van der Waals surface area contributed by atoms with E-state index in [0.717, 1.165) is 29.5 Å². The van der Waals surface area contributed by atoms with Gasteiger partial charge in [0.1, 0.15) is 11.6 Å². The molecule has 32 heavy (non-hydrogen) atoms. The second kappa shape index (κ2) is 8.58. The van der Waals surface area contributed by atoms with Gasteiger partial charge < -0.3 is 10.6 Å². The molecule has 0 unspecified atom stereocenters. The zero-order chi connectivity index (χ0) is 22.1. The van der Waals surface area contributed by atoms with Gasteiger partial charge in [0.15, 0.2) is 11.0 Å². The van der Waals surface area contributed by atoms with Gasteiger partial charge in [0.05, 0.1) is 15.8 Å². The maximum absolute atomic E-state index is 14.0. The van der Waals surface area contributed by atoms with E-state index in [2.05, 4.69) is 25.6 Å². The van der Waals surface area contributed by atoms with E-state index >= 15 is 0 Å². The first-order chi connectivity index (χ1) is 15.6. The number of thiazole rings is 1. The van der Waals surface area contributed by atoms with Gasteiger partial charge >= 0.3 is 0 Å². The lowest BCUT2D eigenvalue weighted by Crippen LogP contribution is -2.43. The Kier molecular flexibility index (Phi) is 5.48. The Morgan fingerprint density at radius 3 is 2.59 bits per heavy atom. The number of halogens is 2. The van der Waals surface area contributed by atoms with Crippen LogP contribution in [0.1, 0.15) is 29.6 Å². The van der Waals surface area contributed by atoms with Crippen LogP contribution in [0.3, 0.4) is 0 Å². The number of hydrogen-bond donors (Lipinski definition) is 2. The molecule has 0 saturated heterocycles. The topological polar surface area (TPSA) is 79.8 Å². The lowest BCUT2D eigenvalue weighted by molar-refractivity contribution is 0.0936. The fraction of sp³-hybridized carbons (Fsp3) is 0.217. The first kappa shape index (κ1) is 20.4. The Labute approximate surface area is 186 Å². The fourth-order valence-corrected chi connectivity index (χ4v) is 4.96. The van der Waals surface area contributed by atoms with Crippen LogP contribution in [0.25, 0.3) is 21.6 Å². The summed E-state index contributed by atoms with van der Waals surface area (Å²) in [6, 6.07) is 10.0. The molecule has 1 saturated carbocycles. The Morgan fingerprint density at radius 2 is 1.75 bits per heavy atom. The largest absolute Gasteiger partial charge is 0.357 e. The van der Waals surface area contributed by atoms with Crippen molar-refractivity contribution in [2.24, 2.45) is 0 Å². The molecule has 2 aromatic heterocycles. The number of carbonyl (C=O) groups is 1. The van der Waals surface area contributed by atoms with Crippen molar-refractivity contribution in [3.63, 3.8) is 0 Å². The second-order valence-electron chi connectivity index (χ2n) is 7.66. The maximum Gasteiger partial charge on any atom is 0.252 e. The standard InChI is InChI=1S/C23H19F2N5OS/c24-13-5-7-15(21-26-9-2-10-27-21)16(11-13)22(31)28-17-3-1-4-18(17)29-23-30-19-8-6-14(25)12-20(19)32-23/h2,5-12,17-18H,1,3-4H2,(H,28,31)(H,29,30)/t17-,18+/m0/s1. The number of nitrogens with zero attached hydrogens (tertiary/aromatic N) is 3. The van der Waals surface area contributed by atoms with Crippen molar-refractivity contribution in [1.82, 2.24) is 20.3 Å². The molecule has 5 rings (SSSR count). The van der Waals surface area contributed by atoms with Crippen LogP contribution in [0.2, 0.25) is 0 Å². The summed E-state index contributed by atoms with van der Waals surface area (Å²) >= 11 is 1.38. The summed E-state index contributed by atoms with van der Waals surface area (Å²) in [6.07, 6.45) is 5.73. The van der Waals surface area contributed by atoms with Crippen molar-refractivity contribution >= 4 is 32.6 Å². The summed E-state index contributed by atoms with van der Waals surface area (Å²) in [5.74, 6) is -0.817. The average Bonchev–Trinajstić information content (AvgIpc) is 3.40. The molecule has 6 nitrogen and oxygen atoms in total. The lowest BCUT2D eigenvalue weighted by atomic mass is 10.0. The van der Waals surface area contributed by atoms with E-state index in [1.807, 2.05) is 0 Å². The van der Waals surface area contributed by atoms with Gasteiger partial charge in [-0.1, -0.05) is 11.3 Å². The summed E-state index contributed by atoms with van der Waals surface area (Å²) in [7, 11) is 0. The van der Waals surface area contributed by atoms with Crippen molar-refractivity contribution in [3.8, 4) is 11.4 Å². The van der Waals surface area contributed by atoms with Gasteiger partial charge in [-0.05, 0) is 61.7 Å². The smallest absolute Gasteiger partial charge is 0.252 e. The molecule has 9 heteroatoms. The minimum atomic E-state index is -0.502. The number of nitrogens with one attached hydrogen (secondary N) is 2. The summed E-state index contributed by atoms with van der Waals surface area (Å²) in [4.78, 5) is 26.0. The molecule has 1 aliphatic carbocycles. The first-order valence-corrected chi connectivity index (χ1v) is 11.1. The van der Waals surface area contributed by atoms with E-state index in [-0.39, 0.29) is 29.4 Å². The molecular formula is C23H19F2N5OS. The maximum atomic E-state index is 14.0. The quantitative estimate of drug-likeness (QED) is 0.456. The van der Waals surface area contributed by atoms with Crippen molar-refractivity contribution < 1.29 is 13.6 Å². The Bertz CT molecular complexity index is 1280. The average molecular weight is 452 g/mol. The number of aromatic nitrogens is 3. The molecule has 1 aliphatic rings. The molecule has 4 aromatic rings. The minimum absolute atomic E-state index is 0.0330. The highest BCUT2D eigenvalue weighted by Crippen LogP contribution is 2.30. The van der Waals surface area contributed by atoms with Crippen molar-refractivity contribution in [2.45, 2.75) is 31.3 Å². The van der Waals surface area contributed by atoms with Crippen LogP contribution in [0.5, 0.6) is 0 Å². The molecule has 1 fully saturated rings. The van der Waals surface area contributed by atoms with E-state index < -0.39 is 5.82 Å². The molecule has 0 radical (unpaired) electrons. The second-order valence-corrected chi connectivity index (χ2v) is 8.69. The van der Waals surface area contributed by atoms with E-state index in [1.165, 1.54) is 41.7 Å². The SMILES string of the molecule is O=C(N[C@H]1CCC[C@H]1Nc1nc2ccc(F)cc2s1)c1cc(F)ccc1-c1ncccn1. The van der Waals surface area contributed by atoms with Crippen LogP contribution in [-0.2, 0) is 0 Å². The zero-order valence-electron chi connectivity index (χ0n) is 16.9. The molecule has 0 spiro atoms. The van der Waals surface area contributed by atoms with Gasteiger partial charge in [0.2, 0.25) is 0 Å². The molecule has 0 aliphatic heterocycles. The predicted molar refractivity (Wildman–Crippen MR) is 120 cm³/mol. The minimum Gasteiger partial charge on any atom is -0.357 e. The summed E-state index contributed by atoms with van der Waals surface area (Å²) in [5.41, 5.74) is 1.39. The number of fused-ring (bicyclic) bond motifs is 1. The van der Waals surface area contributed by atoms with Gasteiger partial charge in [-0.3, -0.25) is 4.79 Å². The molecular weight excluding hydrogens is 432 g/mol. The van der Waals surface area contributed by atoms with E-state index in [0.29, 0.717) is 16.5 Å². The van der Waals surface area contributed by atoms with Gasteiger partial charge in [0.25, 0.3) is 5.91 Å². The molecule has 2 atom stereocenters. The number of hydrogen-bond acceptors (Lipinski definition) is 6. The highest BCUT2D eigenvalue weighted by Gasteiger charge is 2.30. The first-order valence-electron chi connectivity index (χ1n) is 10.3. The number of anilines is 1. The molecule has 0 bridgehead atoms. The Balaban J connectivity index is 1.35. The molecule has 2 N–H and O–H groups in total. The van der Waals surface area contributed by atoms with Crippen molar-refractivity contribution in [1.29, 1.82) is 0 Å². The predicted octanol–water partition coefficient (Wildman–Crippen LogP) is 4.79. The monoisotopic (exact) mass is 451 g/mol. The number of rotatable bonds is 5. The van der Waals surface area contributed by atoms with Crippen molar-refractivity contribution in [2.75, 3.05) is 5.32 Å². The van der Waals surface area contributed by atoms with E-state index in [1.54, 1.807) is 24.5 Å². The number of benzene rings is 2.